The monoisotopic (exact) mass is 534 g/mol. The second-order valence-corrected chi connectivity index (χ2v) is 15.9. The van der Waals surface area contributed by atoms with Gasteiger partial charge in [-0.15, -0.1) is 0 Å². The molecule has 1 aliphatic carbocycles. The van der Waals surface area contributed by atoms with Crippen LogP contribution in [0.2, 0.25) is 0 Å². The molecule has 4 aromatic carbocycles. The highest BCUT2D eigenvalue weighted by Gasteiger charge is 2.53. The maximum atomic E-state index is 2.56. The molecule has 4 aromatic rings. The Morgan fingerprint density at radius 3 is 1.83 bits per heavy atom. The predicted molar refractivity (Wildman–Crippen MR) is 179 cm³/mol. The van der Waals surface area contributed by atoms with Crippen molar-refractivity contribution in [2.75, 3.05) is 0 Å². The third-order valence-electron chi connectivity index (χ3n) is 10.5. The lowest BCUT2D eigenvalue weighted by molar-refractivity contribution is 0.582. The lowest BCUT2D eigenvalue weighted by Gasteiger charge is -2.40. The van der Waals surface area contributed by atoms with Crippen molar-refractivity contribution >= 4 is 28.7 Å². The normalized spacial score (nSPS) is 17.8. The zero-order valence-corrected chi connectivity index (χ0v) is 26.6. The molecule has 0 saturated heterocycles. The predicted octanol–water partition coefficient (Wildman–Crippen LogP) is 8.95. The smallest absolute Gasteiger partial charge is 0.0660 e. The van der Waals surface area contributed by atoms with Crippen LogP contribution in [0.3, 0.4) is 0 Å². The average molecular weight is 535 g/mol. The zero-order valence-electron chi connectivity index (χ0n) is 26.6. The number of rotatable bonds is 1. The highest BCUT2D eigenvalue weighted by molar-refractivity contribution is 7.04. The van der Waals surface area contributed by atoms with Gasteiger partial charge in [-0.3, -0.25) is 0 Å². The first-order chi connectivity index (χ1) is 19.1. The van der Waals surface area contributed by atoms with E-state index >= 15 is 0 Å². The van der Waals surface area contributed by atoms with E-state index in [1.807, 2.05) is 0 Å². The maximum Gasteiger partial charge on any atom is 0.244 e. The Morgan fingerprint density at radius 2 is 1.17 bits per heavy atom. The van der Waals surface area contributed by atoms with Crippen molar-refractivity contribution in [2.24, 2.45) is 0 Å². The van der Waals surface area contributed by atoms with Crippen LogP contribution in [0, 0.1) is 0 Å². The van der Waals surface area contributed by atoms with Crippen LogP contribution < -0.4 is 10.9 Å². The highest BCUT2D eigenvalue weighted by atomic mass is 14.5. The second kappa shape index (κ2) is 8.16. The fourth-order valence-electron chi connectivity index (χ4n) is 8.06. The second-order valence-electron chi connectivity index (χ2n) is 15.9. The van der Waals surface area contributed by atoms with Crippen LogP contribution in [-0.2, 0) is 21.7 Å². The minimum Gasteiger partial charge on any atom is -0.0660 e. The van der Waals surface area contributed by atoms with Gasteiger partial charge in [0.05, 0.1) is 0 Å². The first kappa shape index (κ1) is 26.6. The molecular weight excluding hydrogens is 491 g/mol. The maximum absolute atomic E-state index is 2.56. The summed E-state index contributed by atoms with van der Waals surface area (Å²) in [4.78, 5) is 0. The first-order valence-electron chi connectivity index (χ1n) is 15.4. The fraction of sp³-hybridized carbons (Fsp3) is 0.350. The zero-order chi connectivity index (χ0) is 29.3. The van der Waals surface area contributed by atoms with Crippen molar-refractivity contribution in [3.63, 3.8) is 0 Å². The molecule has 2 heterocycles. The van der Waals surface area contributed by atoms with E-state index in [1.165, 1.54) is 55.5 Å². The number of benzene rings is 4. The minimum atomic E-state index is -0.0953. The summed E-state index contributed by atoms with van der Waals surface area (Å²) in [7, 11) is 0. The van der Waals surface area contributed by atoms with Gasteiger partial charge in [-0.2, -0.15) is 0 Å². The van der Waals surface area contributed by atoms with Gasteiger partial charge in [-0.1, -0.05) is 164 Å². The Hall–Kier alpha value is -3.32. The van der Waals surface area contributed by atoms with Crippen molar-refractivity contribution in [1.29, 1.82) is 0 Å². The van der Waals surface area contributed by atoms with E-state index in [2.05, 4.69) is 148 Å². The van der Waals surface area contributed by atoms with E-state index < -0.39 is 0 Å². The molecule has 206 valence electrons. The topological polar surface area (TPSA) is 0 Å². The lowest BCUT2D eigenvalue weighted by atomic mass is 9.32. The fourth-order valence-corrected chi connectivity index (χ4v) is 8.06. The molecular formula is C40H43B. The Kier molecular flexibility index (Phi) is 5.29. The Bertz CT molecular complexity index is 1780. The SMILES string of the molecule is CC(C)(C)c1ccc(-c2ccc3c(c2)C(C)(C)c2cc(C(C)(C)C)cc4c2B3C2=C4C(C)(C)c3ccccc32)cc1. The van der Waals surface area contributed by atoms with E-state index in [-0.39, 0.29) is 28.4 Å². The Morgan fingerprint density at radius 1 is 0.537 bits per heavy atom. The summed E-state index contributed by atoms with van der Waals surface area (Å²) >= 11 is 0. The van der Waals surface area contributed by atoms with Gasteiger partial charge in [0.15, 0.2) is 0 Å². The van der Waals surface area contributed by atoms with Gasteiger partial charge in [-0.25, -0.2) is 0 Å². The molecule has 0 nitrogen and oxygen atoms in total. The molecule has 2 aliphatic heterocycles. The molecule has 0 saturated carbocycles. The van der Waals surface area contributed by atoms with Crippen molar-refractivity contribution < 1.29 is 0 Å². The van der Waals surface area contributed by atoms with Gasteiger partial charge in [0.25, 0.3) is 0 Å². The standard InChI is InChI=1S/C40H43B/c1-37(2,3)26-18-15-24(16-19-26)25-17-20-33-31(21-25)39(7,8)32-23-27(38(4,5)6)22-29-34-36(41(33)35(29)32)28-13-11-12-14-30(28)40(34,9)10/h11-23H,1-10H3. The van der Waals surface area contributed by atoms with E-state index in [9.17, 15) is 0 Å². The molecule has 0 fully saturated rings. The summed E-state index contributed by atoms with van der Waals surface area (Å²) in [6.45, 7) is 24.0. The molecule has 0 unspecified atom stereocenters. The third kappa shape index (κ3) is 3.60. The van der Waals surface area contributed by atoms with Gasteiger partial charge >= 0.3 is 0 Å². The number of hydrogen-bond donors (Lipinski definition) is 0. The van der Waals surface area contributed by atoms with Crippen LogP contribution in [0.1, 0.15) is 108 Å². The summed E-state index contributed by atoms with van der Waals surface area (Å²) in [6, 6.07) is 30.9. The summed E-state index contributed by atoms with van der Waals surface area (Å²) in [6.07, 6.45) is 0. The number of fused-ring (bicyclic) bond motifs is 6. The molecule has 0 amide bonds. The largest absolute Gasteiger partial charge is 0.244 e. The van der Waals surface area contributed by atoms with Crippen LogP contribution in [0.25, 0.3) is 22.2 Å². The van der Waals surface area contributed by atoms with Crippen LogP contribution in [0.15, 0.2) is 78.9 Å². The first-order valence-corrected chi connectivity index (χ1v) is 15.4. The van der Waals surface area contributed by atoms with Crippen molar-refractivity contribution in [3.8, 4) is 11.1 Å². The summed E-state index contributed by atoms with van der Waals surface area (Å²) in [5, 5.41) is 0. The molecule has 0 radical (unpaired) electrons. The summed E-state index contributed by atoms with van der Waals surface area (Å²) < 4.78 is 0. The third-order valence-corrected chi connectivity index (χ3v) is 10.5. The van der Waals surface area contributed by atoms with Crippen LogP contribution in [0.5, 0.6) is 0 Å². The number of allylic oxidation sites excluding steroid dienone is 1. The summed E-state index contributed by atoms with van der Waals surface area (Å²) in [5.74, 6) is 0. The van der Waals surface area contributed by atoms with Crippen molar-refractivity contribution in [3.05, 3.63) is 118 Å². The molecule has 0 spiro atoms. The Balaban J connectivity index is 1.50. The van der Waals surface area contributed by atoms with E-state index in [1.54, 1.807) is 16.5 Å². The van der Waals surface area contributed by atoms with Gasteiger partial charge in [0.1, 0.15) is 0 Å². The molecule has 0 bridgehead atoms. The highest BCUT2D eigenvalue weighted by Crippen LogP contribution is 2.56. The molecule has 1 heteroatoms. The lowest BCUT2D eigenvalue weighted by Crippen LogP contribution is -2.54. The molecule has 0 aromatic heterocycles. The summed E-state index contributed by atoms with van der Waals surface area (Å²) in [5.41, 5.74) is 19.1. The quantitative estimate of drug-likeness (QED) is 0.214. The molecule has 0 N–H and O–H groups in total. The Labute approximate surface area is 248 Å². The van der Waals surface area contributed by atoms with Gasteiger partial charge in [0, 0.05) is 10.8 Å². The van der Waals surface area contributed by atoms with Gasteiger partial charge < -0.3 is 0 Å². The van der Waals surface area contributed by atoms with Crippen LogP contribution >= 0.6 is 0 Å². The van der Waals surface area contributed by atoms with Crippen molar-refractivity contribution in [2.45, 2.75) is 90.9 Å². The molecule has 3 aliphatic rings. The van der Waals surface area contributed by atoms with Crippen LogP contribution in [0.4, 0.5) is 0 Å². The molecule has 41 heavy (non-hydrogen) atoms. The van der Waals surface area contributed by atoms with Gasteiger partial charge in [-0.05, 0) is 66.5 Å². The average Bonchev–Trinajstić information content (AvgIpc) is 3.37. The van der Waals surface area contributed by atoms with E-state index in [0.29, 0.717) is 0 Å². The minimum absolute atomic E-state index is 0.0212. The van der Waals surface area contributed by atoms with Crippen LogP contribution in [-0.4, -0.2) is 6.71 Å². The molecule has 7 rings (SSSR count). The van der Waals surface area contributed by atoms with Crippen molar-refractivity contribution in [1.82, 2.24) is 0 Å². The number of hydrogen-bond acceptors (Lipinski definition) is 0. The van der Waals surface area contributed by atoms with E-state index in [0.717, 1.165) is 0 Å². The molecule has 0 atom stereocenters. The van der Waals surface area contributed by atoms with Gasteiger partial charge in [0.2, 0.25) is 6.71 Å². The van der Waals surface area contributed by atoms with E-state index in [4.69, 9.17) is 0 Å².